The molecule has 2 atom stereocenters. The first kappa shape index (κ1) is 21.0. The first-order chi connectivity index (χ1) is 15.6. The van der Waals surface area contributed by atoms with E-state index in [1.807, 2.05) is 16.8 Å². The largest absolute Gasteiger partial charge is 0.497 e. The second-order valence-electron chi connectivity index (χ2n) is 9.17. The normalized spacial score (nSPS) is 22.1. The molecule has 2 aromatic heterocycles. The molecule has 3 aromatic rings. The summed E-state index contributed by atoms with van der Waals surface area (Å²) >= 11 is 0. The SMILES string of the molecule is COc1ccc(CN2C[C@@H](C)[C@H](c3nc4c(cnn4C4CCCC4)c(=O)[nH]3)C2)c(OC)c1. The van der Waals surface area contributed by atoms with E-state index in [4.69, 9.17) is 14.5 Å². The fourth-order valence-corrected chi connectivity index (χ4v) is 5.32. The van der Waals surface area contributed by atoms with Crippen LogP contribution < -0.4 is 15.0 Å². The summed E-state index contributed by atoms with van der Waals surface area (Å²) in [7, 11) is 3.34. The molecule has 1 saturated heterocycles. The monoisotopic (exact) mass is 437 g/mol. The van der Waals surface area contributed by atoms with Crippen molar-refractivity contribution in [1.82, 2.24) is 24.6 Å². The van der Waals surface area contributed by atoms with E-state index in [0.717, 1.165) is 61.0 Å². The molecule has 2 fully saturated rings. The van der Waals surface area contributed by atoms with Crippen LogP contribution in [0.25, 0.3) is 11.0 Å². The molecule has 8 heteroatoms. The van der Waals surface area contributed by atoms with E-state index in [-0.39, 0.29) is 11.5 Å². The quantitative estimate of drug-likeness (QED) is 0.635. The topological polar surface area (TPSA) is 85.3 Å². The Balaban J connectivity index is 1.40. The lowest BCUT2D eigenvalue weighted by Crippen LogP contribution is -2.22. The van der Waals surface area contributed by atoms with Crippen LogP contribution in [0.5, 0.6) is 11.5 Å². The molecule has 5 rings (SSSR count). The third-order valence-electron chi connectivity index (χ3n) is 7.08. The van der Waals surface area contributed by atoms with Crippen LogP contribution >= 0.6 is 0 Å². The highest BCUT2D eigenvalue weighted by Gasteiger charge is 2.33. The highest BCUT2D eigenvalue weighted by atomic mass is 16.5. The van der Waals surface area contributed by atoms with E-state index in [0.29, 0.717) is 17.3 Å². The van der Waals surface area contributed by atoms with Gasteiger partial charge in [-0.25, -0.2) is 9.67 Å². The van der Waals surface area contributed by atoms with E-state index >= 15 is 0 Å². The van der Waals surface area contributed by atoms with Crippen molar-refractivity contribution in [2.75, 3.05) is 27.3 Å². The van der Waals surface area contributed by atoms with Gasteiger partial charge in [-0.2, -0.15) is 5.10 Å². The third-order valence-corrected chi connectivity index (χ3v) is 7.08. The van der Waals surface area contributed by atoms with Crippen LogP contribution in [0.2, 0.25) is 0 Å². The molecule has 0 bridgehead atoms. The van der Waals surface area contributed by atoms with Gasteiger partial charge in [-0.3, -0.25) is 9.69 Å². The van der Waals surface area contributed by atoms with Crippen molar-refractivity contribution in [3.8, 4) is 11.5 Å². The van der Waals surface area contributed by atoms with Gasteiger partial charge in [-0.1, -0.05) is 25.8 Å². The Bertz CT molecular complexity index is 1160. The van der Waals surface area contributed by atoms with Gasteiger partial charge in [0.05, 0.1) is 26.5 Å². The molecule has 3 heterocycles. The molecular formula is C24H31N5O3. The van der Waals surface area contributed by atoms with E-state index in [1.165, 1.54) is 12.8 Å². The summed E-state index contributed by atoms with van der Waals surface area (Å²) in [5.41, 5.74) is 1.77. The zero-order chi connectivity index (χ0) is 22.2. The van der Waals surface area contributed by atoms with Crippen LogP contribution in [0, 0.1) is 5.92 Å². The minimum Gasteiger partial charge on any atom is -0.497 e. The van der Waals surface area contributed by atoms with Gasteiger partial charge in [0, 0.05) is 37.2 Å². The number of likely N-dealkylation sites (tertiary alicyclic amines) is 1. The number of benzene rings is 1. The molecule has 8 nitrogen and oxygen atoms in total. The molecule has 0 spiro atoms. The molecule has 2 aliphatic rings. The molecule has 32 heavy (non-hydrogen) atoms. The summed E-state index contributed by atoms with van der Waals surface area (Å²) in [5.74, 6) is 2.94. The average molecular weight is 438 g/mol. The Morgan fingerprint density at radius 2 is 1.97 bits per heavy atom. The minimum atomic E-state index is -0.0864. The molecule has 1 aliphatic heterocycles. The molecule has 0 radical (unpaired) electrons. The highest BCUT2D eigenvalue weighted by molar-refractivity contribution is 5.73. The van der Waals surface area contributed by atoms with Gasteiger partial charge in [-0.05, 0) is 24.8 Å². The molecule has 170 valence electrons. The van der Waals surface area contributed by atoms with Gasteiger partial charge >= 0.3 is 0 Å². The van der Waals surface area contributed by atoms with Crippen LogP contribution in [0.1, 0.15) is 56.0 Å². The Kier molecular flexibility index (Phi) is 5.63. The smallest absolute Gasteiger partial charge is 0.262 e. The number of nitrogens with one attached hydrogen (secondary N) is 1. The second-order valence-corrected chi connectivity index (χ2v) is 9.17. The van der Waals surface area contributed by atoms with Crippen molar-refractivity contribution in [3.63, 3.8) is 0 Å². The maximum absolute atomic E-state index is 12.8. The number of ether oxygens (including phenoxy) is 2. The molecule has 1 aromatic carbocycles. The molecule has 1 aliphatic carbocycles. The average Bonchev–Trinajstić information content (AvgIpc) is 3.53. The predicted molar refractivity (Wildman–Crippen MR) is 122 cm³/mol. The lowest BCUT2D eigenvalue weighted by molar-refractivity contribution is 0.309. The number of fused-ring (bicyclic) bond motifs is 1. The standard InChI is InChI=1S/C24H31N5O3/c1-15-12-28(13-16-8-9-18(31-2)10-21(16)32-3)14-20(15)22-26-23-19(24(30)27-22)11-25-29(23)17-6-4-5-7-17/h8-11,15,17,20H,4-7,12-14H2,1-3H3,(H,26,27,30)/t15-,20-/m1/s1. The van der Waals surface area contributed by atoms with Crippen LogP contribution in [-0.2, 0) is 6.54 Å². The summed E-state index contributed by atoms with van der Waals surface area (Å²) < 4.78 is 12.9. The van der Waals surface area contributed by atoms with Crippen LogP contribution in [-0.4, -0.2) is 52.0 Å². The Labute approximate surface area is 187 Å². The molecule has 1 N–H and O–H groups in total. The van der Waals surface area contributed by atoms with Crippen molar-refractivity contribution in [3.05, 3.63) is 46.1 Å². The molecule has 0 unspecified atom stereocenters. The van der Waals surface area contributed by atoms with Gasteiger partial charge < -0.3 is 14.5 Å². The van der Waals surface area contributed by atoms with Gasteiger partial charge in [0.25, 0.3) is 5.56 Å². The first-order valence-corrected chi connectivity index (χ1v) is 11.5. The van der Waals surface area contributed by atoms with Crippen LogP contribution in [0.4, 0.5) is 0 Å². The van der Waals surface area contributed by atoms with E-state index in [2.05, 4.69) is 28.0 Å². The van der Waals surface area contributed by atoms with Crippen molar-refractivity contribution in [1.29, 1.82) is 0 Å². The summed E-state index contributed by atoms with van der Waals surface area (Å²) in [4.78, 5) is 23.2. The van der Waals surface area contributed by atoms with E-state index < -0.39 is 0 Å². The van der Waals surface area contributed by atoms with E-state index in [9.17, 15) is 4.79 Å². The summed E-state index contributed by atoms with van der Waals surface area (Å²) in [6.07, 6.45) is 6.32. The number of hydrogen-bond acceptors (Lipinski definition) is 6. The highest BCUT2D eigenvalue weighted by Crippen LogP contribution is 2.35. The maximum Gasteiger partial charge on any atom is 0.262 e. The zero-order valence-corrected chi connectivity index (χ0v) is 19.0. The third kappa shape index (κ3) is 3.77. The Morgan fingerprint density at radius 1 is 1.16 bits per heavy atom. The summed E-state index contributed by atoms with van der Waals surface area (Å²) in [6, 6.07) is 6.30. The Morgan fingerprint density at radius 3 is 2.72 bits per heavy atom. The fourth-order valence-electron chi connectivity index (χ4n) is 5.32. The zero-order valence-electron chi connectivity index (χ0n) is 19.0. The van der Waals surface area contributed by atoms with Gasteiger partial charge in [-0.15, -0.1) is 0 Å². The van der Waals surface area contributed by atoms with Gasteiger partial charge in [0.1, 0.15) is 22.7 Å². The summed E-state index contributed by atoms with van der Waals surface area (Å²) in [6.45, 7) is 4.78. The Hall–Kier alpha value is -2.87. The van der Waals surface area contributed by atoms with Crippen molar-refractivity contribution < 1.29 is 9.47 Å². The second kappa shape index (κ2) is 8.58. The number of aromatic amines is 1. The number of methoxy groups -OCH3 is 2. The van der Waals surface area contributed by atoms with Crippen LogP contribution in [0.15, 0.2) is 29.2 Å². The van der Waals surface area contributed by atoms with Crippen LogP contribution in [0.3, 0.4) is 0 Å². The van der Waals surface area contributed by atoms with Crippen molar-refractivity contribution in [2.45, 2.75) is 51.1 Å². The van der Waals surface area contributed by atoms with Crippen molar-refractivity contribution in [2.24, 2.45) is 5.92 Å². The number of H-pyrrole nitrogens is 1. The number of nitrogens with zero attached hydrogens (tertiary/aromatic N) is 4. The fraction of sp³-hybridized carbons (Fsp3) is 0.542. The van der Waals surface area contributed by atoms with Gasteiger partial charge in [0.2, 0.25) is 0 Å². The molecule has 1 saturated carbocycles. The molecule has 0 amide bonds. The number of hydrogen-bond donors (Lipinski definition) is 1. The van der Waals surface area contributed by atoms with Crippen molar-refractivity contribution >= 4 is 11.0 Å². The molecular weight excluding hydrogens is 406 g/mol. The number of aromatic nitrogens is 4. The first-order valence-electron chi connectivity index (χ1n) is 11.5. The summed E-state index contributed by atoms with van der Waals surface area (Å²) in [5, 5.41) is 5.12. The number of rotatable bonds is 6. The van der Waals surface area contributed by atoms with Gasteiger partial charge in [0.15, 0.2) is 5.65 Å². The predicted octanol–water partition coefficient (Wildman–Crippen LogP) is 3.49. The lowest BCUT2D eigenvalue weighted by atomic mass is 9.97. The minimum absolute atomic E-state index is 0.0864. The van der Waals surface area contributed by atoms with E-state index in [1.54, 1.807) is 20.4 Å². The maximum atomic E-state index is 12.8. The lowest BCUT2D eigenvalue weighted by Gasteiger charge is -2.18.